The average Bonchev–Trinajstić information content (AvgIpc) is 2.27. The Morgan fingerprint density at radius 2 is 1.13 bits per heavy atom. The molecule has 0 spiro atoms. The van der Waals surface area contributed by atoms with E-state index in [1.54, 1.807) is 0 Å². The summed E-state index contributed by atoms with van der Waals surface area (Å²) < 4.78 is 9.02. The van der Waals surface area contributed by atoms with E-state index in [2.05, 4.69) is 9.47 Å². The van der Waals surface area contributed by atoms with Crippen molar-refractivity contribution in [3.8, 4) is 0 Å². The zero-order chi connectivity index (χ0) is 10.6. The van der Waals surface area contributed by atoms with E-state index < -0.39 is 11.9 Å². The van der Waals surface area contributed by atoms with E-state index in [-0.39, 0.29) is 17.0 Å². The Labute approximate surface area is 98.0 Å². The molecule has 1 aromatic rings. The third-order valence-electron chi connectivity index (χ3n) is 1.73. The number of benzene rings is 1. The minimum absolute atomic E-state index is 0. The molecule has 0 heterocycles. The average molecular weight is 275 g/mol. The lowest BCUT2D eigenvalue weighted by Crippen LogP contribution is -2.04. The summed E-state index contributed by atoms with van der Waals surface area (Å²) in [4.78, 5) is 22.1. The van der Waals surface area contributed by atoms with Gasteiger partial charge in [-0.3, -0.25) is 0 Å². The molecule has 0 amide bonds. The van der Waals surface area contributed by atoms with Crippen molar-refractivity contribution >= 4 is 28.9 Å². The molecule has 0 aliphatic rings. The van der Waals surface area contributed by atoms with Crippen LogP contribution in [0.4, 0.5) is 0 Å². The van der Waals surface area contributed by atoms with Gasteiger partial charge in [0.1, 0.15) is 0 Å². The molecule has 0 saturated carbocycles. The van der Waals surface area contributed by atoms with Gasteiger partial charge in [-0.25, -0.2) is 9.59 Å². The highest BCUT2D eigenvalue weighted by atomic mass is 79.9. The molecule has 15 heavy (non-hydrogen) atoms. The number of rotatable bonds is 2. The van der Waals surface area contributed by atoms with Crippen molar-refractivity contribution in [3.05, 3.63) is 35.4 Å². The van der Waals surface area contributed by atoms with E-state index >= 15 is 0 Å². The van der Waals surface area contributed by atoms with Gasteiger partial charge in [0.2, 0.25) is 0 Å². The van der Waals surface area contributed by atoms with E-state index in [0.29, 0.717) is 11.1 Å². The maximum absolute atomic E-state index is 11.0. The number of hydrogen-bond donors (Lipinski definition) is 0. The van der Waals surface area contributed by atoms with Gasteiger partial charge in [0.05, 0.1) is 25.3 Å². The molecular weight excluding hydrogens is 264 g/mol. The molecule has 0 aliphatic heterocycles. The molecule has 0 unspecified atom stereocenters. The van der Waals surface area contributed by atoms with Crippen LogP contribution < -0.4 is 0 Å². The first-order valence-corrected chi connectivity index (χ1v) is 3.95. The molecule has 1 aromatic carbocycles. The third-order valence-corrected chi connectivity index (χ3v) is 1.73. The lowest BCUT2D eigenvalue weighted by atomic mass is 10.1. The summed E-state index contributed by atoms with van der Waals surface area (Å²) >= 11 is 0. The molecule has 1 rings (SSSR count). The molecule has 5 heteroatoms. The third kappa shape index (κ3) is 3.36. The fraction of sp³-hybridized carbons (Fsp3) is 0.200. The van der Waals surface area contributed by atoms with E-state index in [1.807, 2.05) is 0 Å². The fourth-order valence-corrected chi connectivity index (χ4v) is 0.978. The molecule has 0 saturated heterocycles. The van der Waals surface area contributed by atoms with Crippen molar-refractivity contribution in [1.82, 2.24) is 0 Å². The minimum Gasteiger partial charge on any atom is -0.465 e. The van der Waals surface area contributed by atoms with Gasteiger partial charge in [0.15, 0.2) is 0 Å². The van der Waals surface area contributed by atoms with Crippen LogP contribution in [0.5, 0.6) is 0 Å². The molecule has 0 radical (unpaired) electrons. The van der Waals surface area contributed by atoms with Crippen molar-refractivity contribution < 1.29 is 19.1 Å². The zero-order valence-corrected chi connectivity index (χ0v) is 10.1. The van der Waals surface area contributed by atoms with Gasteiger partial charge in [0.25, 0.3) is 0 Å². The summed E-state index contributed by atoms with van der Waals surface area (Å²) in [6, 6.07) is 6.05. The second-order valence-corrected chi connectivity index (χ2v) is 2.56. The molecule has 0 aliphatic carbocycles. The lowest BCUT2D eigenvalue weighted by molar-refractivity contribution is 0.0586. The quantitative estimate of drug-likeness (QED) is 0.773. The largest absolute Gasteiger partial charge is 0.465 e. The van der Waals surface area contributed by atoms with Crippen LogP contribution >= 0.6 is 17.0 Å². The Balaban J connectivity index is 0.00000196. The van der Waals surface area contributed by atoms with Gasteiger partial charge in [-0.05, 0) is 24.3 Å². The van der Waals surface area contributed by atoms with E-state index in [1.165, 1.54) is 38.5 Å². The Hall–Kier alpha value is -1.36. The van der Waals surface area contributed by atoms with E-state index in [4.69, 9.17) is 0 Å². The van der Waals surface area contributed by atoms with Gasteiger partial charge in [-0.1, -0.05) is 0 Å². The van der Waals surface area contributed by atoms with Crippen LogP contribution in [0.2, 0.25) is 0 Å². The van der Waals surface area contributed by atoms with Crippen molar-refractivity contribution in [2.24, 2.45) is 0 Å². The molecular formula is C10H11BrO4. The van der Waals surface area contributed by atoms with E-state index in [0.717, 1.165) is 0 Å². The predicted molar refractivity (Wildman–Crippen MR) is 59.4 cm³/mol. The van der Waals surface area contributed by atoms with Gasteiger partial charge >= 0.3 is 11.9 Å². The highest BCUT2D eigenvalue weighted by Crippen LogP contribution is 2.06. The molecule has 0 bridgehead atoms. The normalized spacial score (nSPS) is 8.67. The molecule has 4 nitrogen and oxygen atoms in total. The summed E-state index contributed by atoms with van der Waals surface area (Å²) in [5.41, 5.74) is 0.806. The summed E-state index contributed by atoms with van der Waals surface area (Å²) in [7, 11) is 2.60. The predicted octanol–water partition coefficient (Wildman–Crippen LogP) is 1.84. The van der Waals surface area contributed by atoms with Gasteiger partial charge < -0.3 is 9.47 Å². The van der Waals surface area contributed by atoms with Crippen LogP contribution in [0.25, 0.3) is 0 Å². The SMILES string of the molecule is Br.COC(=O)c1ccc(C(=O)OC)cc1. The van der Waals surface area contributed by atoms with Crippen molar-refractivity contribution in [2.75, 3.05) is 14.2 Å². The summed E-state index contributed by atoms with van der Waals surface area (Å²) in [5.74, 6) is -0.858. The molecule has 0 atom stereocenters. The number of halogens is 1. The second-order valence-electron chi connectivity index (χ2n) is 2.56. The van der Waals surface area contributed by atoms with Crippen molar-refractivity contribution in [1.29, 1.82) is 0 Å². The number of carbonyl (C=O) groups is 2. The second kappa shape index (κ2) is 6.19. The monoisotopic (exact) mass is 274 g/mol. The Kier molecular flexibility index (Phi) is 5.62. The van der Waals surface area contributed by atoms with Crippen molar-refractivity contribution in [2.45, 2.75) is 0 Å². The molecule has 0 fully saturated rings. The summed E-state index contributed by atoms with van der Waals surface area (Å²) in [6.07, 6.45) is 0. The van der Waals surface area contributed by atoms with Crippen molar-refractivity contribution in [3.63, 3.8) is 0 Å². The Morgan fingerprint density at radius 1 is 0.867 bits per heavy atom. The Morgan fingerprint density at radius 3 is 1.33 bits per heavy atom. The molecule has 82 valence electrons. The lowest BCUT2D eigenvalue weighted by Gasteiger charge is -2.00. The zero-order valence-electron chi connectivity index (χ0n) is 8.35. The molecule has 0 N–H and O–H groups in total. The number of carbonyl (C=O) groups excluding carboxylic acids is 2. The highest BCUT2D eigenvalue weighted by Gasteiger charge is 2.08. The van der Waals surface area contributed by atoms with Gasteiger partial charge in [-0.2, -0.15) is 0 Å². The number of ether oxygens (including phenoxy) is 2. The van der Waals surface area contributed by atoms with Crippen LogP contribution in [0.15, 0.2) is 24.3 Å². The summed E-state index contributed by atoms with van der Waals surface area (Å²) in [6.45, 7) is 0. The topological polar surface area (TPSA) is 52.6 Å². The van der Waals surface area contributed by atoms with Gasteiger partial charge in [-0.15, -0.1) is 17.0 Å². The number of esters is 2. The first-order valence-electron chi connectivity index (χ1n) is 3.95. The fourth-order valence-electron chi connectivity index (χ4n) is 0.978. The standard InChI is InChI=1S/C10H10O4.BrH/c1-13-9(11)7-3-5-8(6-4-7)10(12)14-2;/h3-6H,1-2H3;1H. The maximum atomic E-state index is 11.0. The number of methoxy groups -OCH3 is 2. The van der Waals surface area contributed by atoms with Crippen LogP contribution in [0.3, 0.4) is 0 Å². The summed E-state index contributed by atoms with van der Waals surface area (Å²) in [5, 5.41) is 0. The number of hydrogen-bond acceptors (Lipinski definition) is 4. The van der Waals surface area contributed by atoms with Gasteiger partial charge in [0, 0.05) is 0 Å². The Bertz CT molecular complexity index is 310. The van der Waals surface area contributed by atoms with Crippen LogP contribution in [-0.4, -0.2) is 26.2 Å². The first-order chi connectivity index (χ1) is 6.69. The first kappa shape index (κ1) is 13.6. The van der Waals surface area contributed by atoms with Crippen LogP contribution in [-0.2, 0) is 9.47 Å². The van der Waals surface area contributed by atoms with Crippen LogP contribution in [0, 0.1) is 0 Å². The van der Waals surface area contributed by atoms with Crippen LogP contribution in [0.1, 0.15) is 20.7 Å². The smallest absolute Gasteiger partial charge is 0.337 e. The minimum atomic E-state index is -0.429. The molecule has 0 aromatic heterocycles. The highest BCUT2D eigenvalue weighted by molar-refractivity contribution is 8.93. The maximum Gasteiger partial charge on any atom is 0.337 e. The van der Waals surface area contributed by atoms with E-state index in [9.17, 15) is 9.59 Å².